The lowest BCUT2D eigenvalue weighted by Crippen LogP contribution is -2.53. The van der Waals surface area contributed by atoms with Crippen LogP contribution in [0.15, 0.2) is 24.3 Å². The Balaban J connectivity index is 1.76. The van der Waals surface area contributed by atoms with E-state index in [-0.39, 0.29) is 12.8 Å². The molecule has 1 saturated heterocycles. The molecule has 2 fully saturated rings. The molecule has 2 aliphatic rings. The van der Waals surface area contributed by atoms with Crippen LogP contribution < -0.4 is 5.32 Å². The van der Waals surface area contributed by atoms with E-state index < -0.39 is 41.4 Å². The van der Waals surface area contributed by atoms with Crippen molar-refractivity contribution >= 4 is 11.9 Å². The Morgan fingerprint density at radius 3 is 2.40 bits per heavy atom. The SMILES string of the molecule is O=C(NC1(c2cccc(C(F)(F)F)c2)CCC1)[C@@H]1CC[C@H](C(=O)O)O1. The van der Waals surface area contributed by atoms with Crippen LogP contribution in [0.5, 0.6) is 0 Å². The molecule has 0 unspecified atom stereocenters. The summed E-state index contributed by atoms with van der Waals surface area (Å²) in [6.07, 6.45) is -3.96. The van der Waals surface area contributed by atoms with Gasteiger partial charge < -0.3 is 15.2 Å². The lowest BCUT2D eigenvalue weighted by atomic mass is 9.71. The highest BCUT2D eigenvalue weighted by Crippen LogP contribution is 2.43. The van der Waals surface area contributed by atoms with Gasteiger partial charge in [-0.15, -0.1) is 0 Å². The quantitative estimate of drug-likeness (QED) is 0.869. The molecule has 1 aromatic rings. The number of ether oxygens (including phenoxy) is 1. The lowest BCUT2D eigenvalue weighted by molar-refractivity contribution is -0.152. The molecule has 2 N–H and O–H groups in total. The van der Waals surface area contributed by atoms with Crippen LogP contribution in [0.4, 0.5) is 13.2 Å². The number of alkyl halides is 3. The van der Waals surface area contributed by atoms with E-state index in [4.69, 9.17) is 9.84 Å². The highest BCUT2D eigenvalue weighted by Gasteiger charge is 2.44. The van der Waals surface area contributed by atoms with Crippen molar-refractivity contribution in [3.63, 3.8) is 0 Å². The van der Waals surface area contributed by atoms with Crippen molar-refractivity contribution in [2.75, 3.05) is 0 Å². The van der Waals surface area contributed by atoms with Crippen LogP contribution >= 0.6 is 0 Å². The van der Waals surface area contributed by atoms with Gasteiger partial charge in [0.1, 0.15) is 6.10 Å². The van der Waals surface area contributed by atoms with Gasteiger partial charge in [-0.05, 0) is 49.8 Å². The molecule has 1 aromatic carbocycles. The third kappa shape index (κ3) is 3.49. The summed E-state index contributed by atoms with van der Waals surface area (Å²) in [6, 6.07) is 4.96. The van der Waals surface area contributed by atoms with Crippen molar-refractivity contribution in [2.24, 2.45) is 0 Å². The van der Waals surface area contributed by atoms with E-state index in [0.29, 0.717) is 18.4 Å². The summed E-state index contributed by atoms with van der Waals surface area (Å²) in [4.78, 5) is 23.3. The van der Waals surface area contributed by atoms with Gasteiger partial charge in [0.25, 0.3) is 0 Å². The predicted molar refractivity (Wildman–Crippen MR) is 80.6 cm³/mol. The standard InChI is InChI=1S/C17H18F3NO4/c18-17(19,20)11-4-1-3-10(9-11)16(7-2-8-16)21-14(22)12-5-6-13(25-12)15(23)24/h1,3-4,9,12-13H,2,5-8H2,(H,21,22)(H,23,24)/t12-,13+/m0/s1. The highest BCUT2D eigenvalue weighted by atomic mass is 19.4. The van der Waals surface area contributed by atoms with Gasteiger partial charge in [-0.25, -0.2) is 4.79 Å². The second kappa shape index (κ2) is 6.33. The topological polar surface area (TPSA) is 75.6 Å². The first-order valence-corrected chi connectivity index (χ1v) is 8.09. The van der Waals surface area contributed by atoms with Crippen molar-refractivity contribution in [1.29, 1.82) is 0 Å². The van der Waals surface area contributed by atoms with Crippen LogP contribution in [0.3, 0.4) is 0 Å². The zero-order valence-electron chi connectivity index (χ0n) is 13.3. The van der Waals surface area contributed by atoms with E-state index in [2.05, 4.69) is 5.32 Å². The number of halogens is 3. The average molecular weight is 357 g/mol. The Morgan fingerprint density at radius 1 is 1.20 bits per heavy atom. The van der Waals surface area contributed by atoms with Crippen LogP contribution in [0, 0.1) is 0 Å². The molecule has 1 heterocycles. The first kappa shape index (κ1) is 17.7. The second-order valence-electron chi connectivity index (χ2n) is 6.53. The molecule has 1 saturated carbocycles. The number of benzene rings is 1. The minimum atomic E-state index is -4.45. The third-order valence-electron chi connectivity index (χ3n) is 4.90. The molecule has 3 rings (SSSR count). The first-order valence-electron chi connectivity index (χ1n) is 8.09. The zero-order valence-corrected chi connectivity index (χ0v) is 13.3. The number of rotatable bonds is 4. The van der Waals surface area contributed by atoms with Gasteiger partial charge in [0.15, 0.2) is 6.10 Å². The summed E-state index contributed by atoms with van der Waals surface area (Å²) in [5, 5.41) is 11.7. The van der Waals surface area contributed by atoms with Gasteiger partial charge in [-0.1, -0.05) is 12.1 Å². The van der Waals surface area contributed by atoms with Crippen molar-refractivity contribution in [3.8, 4) is 0 Å². The normalized spacial score (nSPS) is 25.2. The van der Waals surface area contributed by atoms with Crippen LogP contribution in [0.25, 0.3) is 0 Å². The molecular weight excluding hydrogens is 339 g/mol. The largest absolute Gasteiger partial charge is 0.479 e. The summed E-state index contributed by atoms with van der Waals surface area (Å²) >= 11 is 0. The van der Waals surface area contributed by atoms with E-state index >= 15 is 0 Å². The van der Waals surface area contributed by atoms with E-state index in [9.17, 15) is 22.8 Å². The van der Waals surface area contributed by atoms with Gasteiger partial charge in [-0.3, -0.25) is 4.79 Å². The molecule has 1 amide bonds. The van der Waals surface area contributed by atoms with Crippen LogP contribution in [0.2, 0.25) is 0 Å². The fraction of sp³-hybridized carbons (Fsp3) is 0.529. The lowest BCUT2D eigenvalue weighted by Gasteiger charge is -2.43. The van der Waals surface area contributed by atoms with E-state index in [1.807, 2.05) is 0 Å². The maximum Gasteiger partial charge on any atom is 0.416 e. The molecule has 25 heavy (non-hydrogen) atoms. The van der Waals surface area contributed by atoms with Gasteiger partial charge in [0.05, 0.1) is 11.1 Å². The van der Waals surface area contributed by atoms with Crippen molar-refractivity contribution in [1.82, 2.24) is 5.32 Å². The molecule has 8 heteroatoms. The van der Waals surface area contributed by atoms with Crippen molar-refractivity contribution < 1.29 is 32.6 Å². The number of carbonyl (C=O) groups excluding carboxylic acids is 1. The minimum absolute atomic E-state index is 0.240. The summed E-state index contributed by atoms with van der Waals surface area (Å²) in [7, 11) is 0. The molecular formula is C17H18F3NO4. The average Bonchev–Trinajstić information content (AvgIpc) is 3.00. The molecule has 0 radical (unpaired) electrons. The van der Waals surface area contributed by atoms with Gasteiger partial charge in [0, 0.05) is 0 Å². The molecule has 0 aromatic heterocycles. The number of carboxylic acid groups (broad SMARTS) is 1. The number of aliphatic carboxylic acids is 1. The molecule has 136 valence electrons. The number of hydrogen-bond donors (Lipinski definition) is 2. The summed E-state index contributed by atoms with van der Waals surface area (Å²) < 4.78 is 44.0. The predicted octanol–water partition coefficient (Wildman–Crippen LogP) is 2.83. The third-order valence-corrected chi connectivity index (χ3v) is 4.90. The second-order valence-corrected chi connectivity index (χ2v) is 6.53. The Hall–Kier alpha value is -2.09. The number of hydrogen-bond acceptors (Lipinski definition) is 3. The fourth-order valence-electron chi connectivity index (χ4n) is 3.34. The fourth-order valence-corrected chi connectivity index (χ4v) is 3.34. The molecule has 2 atom stereocenters. The Morgan fingerprint density at radius 2 is 1.88 bits per heavy atom. The molecule has 5 nitrogen and oxygen atoms in total. The smallest absolute Gasteiger partial charge is 0.416 e. The Labute approximate surface area is 142 Å². The van der Waals surface area contributed by atoms with Crippen LogP contribution in [0.1, 0.15) is 43.2 Å². The Bertz CT molecular complexity index is 685. The van der Waals surface area contributed by atoms with Gasteiger partial charge in [-0.2, -0.15) is 13.2 Å². The molecule has 0 bridgehead atoms. The maximum atomic E-state index is 12.9. The van der Waals surface area contributed by atoms with E-state index in [1.165, 1.54) is 6.07 Å². The highest BCUT2D eigenvalue weighted by molar-refractivity contribution is 5.83. The zero-order chi connectivity index (χ0) is 18.2. The van der Waals surface area contributed by atoms with Crippen LogP contribution in [-0.4, -0.2) is 29.2 Å². The molecule has 0 spiro atoms. The number of carboxylic acids is 1. The number of nitrogens with one attached hydrogen (secondary N) is 1. The molecule has 1 aliphatic carbocycles. The summed E-state index contributed by atoms with van der Waals surface area (Å²) in [5.41, 5.74) is -1.19. The summed E-state index contributed by atoms with van der Waals surface area (Å²) in [6.45, 7) is 0. The first-order chi connectivity index (χ1) is 11.7. The Kier molecular flexibility index (Phi) is 4.49. The van der Waals surface area contributed by atoms with Gasteiger partial charge >= 0.3 is 12.1 Å². The van der Waals surface area contributed by atoms with Crippen molar-refractivity contribution in [2.45, 2.75) is 56.0 Å². The van der Waals surface area contributed by atoms with E-state index in [1.54, 1.807) is 6.07 Å². The van der Waals surface area contributed by atoms with Crippen LogP contribution in [-0.2, 0) is 26.0 Å². The minimum Gasteiger partial charge on any atom is -0.479 e. The molecule has 1 aliphatic heterocycles. The van der Waals surface area contributed by atoms with Crippen molar-refractivity contribution in [3.05, 3.63) is 35.4 Å². The number of carbonyl (C=O) groups is 2. The van der Waals surface area contributed by atoms with Gasteiger partial charge in [0.2, 0.25) is 5.91 Å². The van der Waals surface area contributed by atoms with E-state index in [0.717, 1.165) is 18.6 Å². The number of amides is 1. The maximum absolute atomic E-state index is 12.9. The monoisotopic (exact) mass is 357 g/mol. The summed E-state index contributed by atoms with van der Waals surface area (Å²) in [5.74, 6) is -1.59.